The van der Waals surface area contributed by atoms with Crippen molar-refractivity contribution in [3.63, 3.8) is 0 Å². The van der Waals surface area contributed by atoms with Crippen LogP contribution in [0.25, 0.3) is 11.3 Å². The summed E-state index contributed by atoms with van der Waals surface area (Å²) in [7, 11) is 1.59. The smallest absolute Gasteiger partial charge is 0.415 e. The zero-order chi connectivity index (χ0) is 50.3. The number of pyridine rings is 1. The number of nitrogens with zero attached hydrogens (tertiary/aromatic N) is 7. The number of piperidine rings is 1. The molecule has 4 heterocycles. The van der Waals surface area contributed by atoms with Crippen molar-refractivity contribution in [2.24, 2.45) is 11.8 Å². The molecule has 0 aliphatic carbocycles. The van der Waals surface area contributed by atoms with E-state index in [-0.39, 0.29) is 24.5 Å². The van der Waals surface area contributed by atoms with Gasteiger partial charge in [-0.25, -0.2) is 4.79 Å². The topological polar surface area (TPSA) is 195 Å². The van der Waals surface area contributed by atoms with Crippen molar-refractivity contribution in [3.05, 3.63) is 96.8 Å². The molecule has 0 saturated carbocycles. The number of benzene rings is 2. The predicted octanol–water partition coefficient (Wildman–Crippen LogP) is 6.90. The van der Waals surface area contributed by atoms with Gasteiger partial charge in [0.05, 0.1) is 36.7 Å². The third kappa shape index (κ3) is 18.4. The van der Waals surface area contributed by atoms with Crippen molar-refractivity contribution in [3.8, 4) is 17.0 Å². The van der Waals surface area contributed by atoms with E-state index in [1.807, 2.05) is 26.0 Å². The number of aromatic hydroxyl groups is 1. The molecule has 374 valence electrons. The van der Waals surface area contributed by atoms with Gasteiger partial charge in [-0.15, -0.1) is 29.4 Å². The summed E-state index contributed by atoms with van der Waals surface area (Å²) in [6.45, 7) is 24.0. The number of amides is 4. The number of hydrogen-bond acceptors (Lipinski definition) is 14. The molecule has 0 radical (unpaired) electrons. The summed E-state index contributed by atoms with van der Waals surface area (Å²) in [4.78, 5) is 64.0. The Morgan fingerprint density at radius 3 is 2.26 bits per heavy atom. The minimum atomic E-state index is -0.907. The second-order valence-electron chi connectivity index (χ2n) is 17.3. The molecule has 1 unspecified atom stereocenters. The van der Waals surface area contributed by atoms with E-state index < -0.39 is 29.9 Å². The quantitative estimate of drug-likeness (QED) is 0.0393. The van der Waals surface area contributed by atoms with Crippen LogP contribution in [0.1, 0.15) is 70.3 Å². The SMILES string of the molecule is C=CCOCCN1CCC(CN2CCN(c3cc(-c4ccccc4O)nnc3N(C)C(=O)OCc3ccc(NC(=O)CNC(=O)C(C)NC(=O)c4cncc(S)c4)cc3)CC2)CC1.CC.CC(C)C. The number of aromatic nitrogens is 3. The second-order valence-corrected chi connectivity index (χ2v) is 17.8. The van der Waals surface area contributed by atoms with Crippen LogP contribution in [0.3, 0.4) is 0 Å². The van der Waals surface area contributed by atoms with Gasteiger partial charge in [-0.2, -0.15) is 0 Å². The van der Waals surface area contributed by atoms with Crippen molar-refractivity contribution >= 4 is 53.6 Å². The summed E-state index contributed by atoms with van der Waals surface area (Å²) in [5.41, 5.74) is 3.13. The largest absolute Gasteiger partial charge is 0.507 e. The van der Waals surface area contributed by atoms with Crippen molar-refractivity contribution in [1.82, 2.24) is 35.6 Å². The van der Waals surface area contributed by atoms with Gasteiger partial charge < -0.3 is 40.3 Å². The van der Waals surface area contributed by atoms with Gasteiger partial charge in [-0.3, -0.25) is 29.2 Å². The number of nitrogens with one attached hydrogen (secondary N) is 3. The Hall–Kier alpha value is -6.08. The molecule has 1 atom stereocenters. The number of piperazine rings is 1. The molecular weight excluding hydrogens is 897 g/mol. The highest BCUT2D eigenvalue weighted by Crippen LogP contribution is 2.34. The molecule has 4 N–H and O–H groups in total. The molecule has 0 spiro atoms. The Labute approximate surface area is 413 Å². The van der Waals surface area contributed by atoms with Crippen LogP contribution in [0.15, 0.2) is 90.6 Å². The third-order valence-corrected chi connectivity index (χ3v) is 11.2. The van der Waals surface area contributed by atoms with Gasteiger partial charge in [-0.05, 0) is 86.7 Å². The van der Waals surface area contributed by atoms with Gasteiger partial charge in [0.1, 0.15) is 18.4 Å². The summed E-state index contributed by atoms with van der Waals surface area (Å²) in [5.74, 6) is 0.382. The molecule has 4 amide bonds. The maximum Gasteiger partial charge on any atom is 0.415 e. The molecule has 18 heteroatoms. The highest BCUT2D eigenvalue weighted by atomic mass is 32.1. The highest BCUT2D eigenvalue weighted by Gasteiger charge is 2.28. The minimum Gasteiger partial charge on any atom is -0.507 e. The number of para-hydroxylation sites is 1. The first-order valence-electron chi connectivity index (χ1n) is 23.8. The van der Waals surface area contributed by atoms with E-state index in [1.54, 1.807) is 55.6 Å². The molecular formula is C51H72N10O7S. The first-order chi connectivity index (χ1) is 33.2. The van der Waals surface area contributed by atoms with E-state index in [9.17, 15) is 24.3 Å². The maximum absolute atomic E-state index is 13.5. The van der Waals surface area contributed by atoms with Crippen LogP contribution in [0.2, 0.25) is 0 Å². The van der Waals surface area contributed by atoms with Crippen LogP contribution in [0, 0.1) is 11.8 Å². The lowest BCUT2D eigenvalue weighted by molar-refractivity contribution is -0.125. The summed E-state index contributed by atoms with van der Waals surface area (Å²) in [5, 5.41) is 27.3. The van der Waals surface area contributed by atoms with Gasteiger partial charge in [0, 0.05) is 74.9 Å². The van der Waals surface area contributed by atoms with Crippen LogP contribution >= 0.6 is 12.6 Å². The molecule has 2 aromatic heterocycles. The zero-order valence-corrected chi connectivity index (χ0v) is 42.2. The number of anilines is 3. The first kappa shape index (κ1) is 55.5. The van der Waals surface area contributed by atoms with E-state index in [0.29, 0.717) is 51.4 Å². The first-order valence-corrected chi connectivity index (χ1v) is 24.2. The van der Waals surface area contributed by atoms with Gasteiger partial charge in [0.15, 0.2) is 5.82 Å². The van der Waals surface area contributed by atoms with E-state index in [0.717, 1.165) is 77.7 Å². The number of hydrogen-bond donors (Lipinski definition) is 5. The third-order valence-electron chi connectivity index (χ3n) is 11.0. The number of ether oxygens (including phenoxy) is 2. The van der Waals surface area contributed by atoms with Crippen LogP contribution in [0.5, 0.6) is 5.75 Å². The Morgan fingerprint density at radius 2 is 1.61 bits per heavy atom. The average molecular weight is 969 g/mol. The van der Waals surface area contributed by atoms with E-state index in [4.69, 9.17) is 9.47 Å². The number of thiol groups is 1. The number of carbonyl (C=O) groups excluding carboxylic acids is 4. The monoisotopic (exact) mass is 969 g/mol. The van der Waals surface area contributed by atoms with Crippen molar-refractivity contribution in [2.75, 3.05) is 94.3 Å². The zero-order valence-electron chi connectivity index (χ0n) is 41.3. The lowest BCUT2D eigenvalue weighted by Crippen LogP contribution is -2.49. The number of carbonyl (C=O) groups is 4. The van der Waals surface area contributed by atoms with Gasteiger partial charge in [0.2, 0.25) is 11.8 Å². The minimum absolute atomic E-state index is 0.0508. The second kappa shape index (κ2) is 29.1. The fourth-order valence-corrected chi connectivity index (χ4v) is 7.60. The van der Waals surface area contributed by atoms with Crippen molar-refractivity contribution < 1.29 is 33.8 Å². The molecule has 2 aliphatic rings. The highest BCUT2D eigenvalue weighted by molar-refractivity contribution is 7.80. The predicted molar refractivity (Wildman–Crippen MR) is 275 cm³/mol. The van der Waals surface area contributed by atoms with Gasteiger partial charge >= 0.3 is 6.09 Å². The molecule has 4 aromatic rings. The fraction of sp³-hybridized carbons (Fsp3) is 0.471. The van der Waals surface area contributed by atoms with E-state index >= 15 is 0 Å². The Balaban J connectivity index is 0.00000164. The summed E-state index contributed by atoms with van der Waals surface area (Å²) < 4.78 is 11.3. The standard InChI is InChI=1S/C45H56N10O7S.C4H10.C2H6/c1-4-22-61-23-21-53-15-13-32(14-16-53)29-54-17-19-55(20-18-54)39-25-38(37-7-5-6-8-40(37)56)50-51-42(39)52(3)45(60)62-30-33-9-11-35(12-10-33)49-41(57)28-47-43(58)31(2)48-44(59)34-24-36(63)27-46-26-34;1-4(2)3;1-2/h4-12,24-27,31-32,56,63H,1,13-23,28-30H2,2-3H3,(H,47,58)(H,48,59)(H,49,57);4H,1-3H3;1-2H3. The van der Waals surface area contributed by atoms with E-state index in [2.05, 4.69) is 85.8 Å². The lowest BCUT2D eigenvalue weighted by Gasteiger charge is -2.40. The van der Waals surface area contributed by atoms with Gasteiger partial charge in [0.25, 0.3) is 5.91 Å². The van der Waals surface area contributed by atoms with Crippen LogP contribution in [-0.2, 0) is 25.7 Å². The van der Waals surface area contributed by atoms with Gasteiger partial charge in [-0.1, -0.05) is 65.0 Å². The van der Waals surface area contributed by atoms with Crippen molar-refractivity contribution in [1.29, 1.82) is 0 Å². The Kier molecular flexibility index (Phi) is 23.4. The fourth-order valence-electron chi connectivity index (χ4n) is 7.39. The Morgan fingerprint density at radius 1 is 0.928 bits per heavy atom. The normalized spacial score (nSPS) is 14.5. The van der Waals surface area contributed by atoms with Crippen molar-refractivity contribution in [2.45, 2.75) is 71.9 Å². The Bertz CT molecular complexity index is 2250. The molecule has 0 bridgehead atoms. The molecule has 6 rings (SSSR count). The number of phenolic OH excluding ortho intramolecular Hbond substituents is 1. The summed E-state index contributed by atoms with van der Waals surface area (Å²) >= 11 is 4.17. The van der Waals surface area contributed by atoms with Crippen LogP contribution in [0.4, 0.5) is 22.0 Å². The number of rotatable bonds is 18. The van der Waals surface area contributed by atoms with Crippen LogP contribution < -0.4 is 25.8 Å². The molecule has 17 nitrogen and oxygen atoms in total. The summed E-state index contributed by atoms with van der Waals surface area (Å²) in [6, 6.07) is 16.2. The number of phenols is 1. The number of likely N-dealkylation sites (tertiary alicyclic amines) is 1. The summed E-state index contributed by atoms with van der Waals surface area (Å²) in [6.07, 6.45) is 6.32. The molecule has 69 heavy (non-hydrogen) atoms. The molecule has 2 aromatic carbocycles. The molecule has 2 fully saturated rings. The van der Waals surface area contributed by atoms with E-state index in [1.165, 1.54) is 30.3 Å². The average Bonchev–Trinajstić information content (AvgIpc) is 3.35. The lowest BCUT2D eigenvalue weighted by atomic mass is 9.96. The molecule has 2 aliphatic heterocycles. The molecule has 2 saturated heterocycles. The van der Waals surface area contributed by atoms with Crippen LogP contribution in [-0.4, -0.2) is 139 Å². The maximum atomic E-state index is 13.5.